The number of hydrogen-bond donors (Lipinski definition) is 3. The van der Waals surface area contributed by atoms with Crippen LogP contribution in [-0.4, -0.2) is 22.6 Å². The molecule has 130 valence electrons. The van der Waals surface area contributed by atoms with E-state index in [1.807, 2.05) is 18.2 Å². The summed E-state index contributed by atoms with van der Waals surface area (Å²) in [5.41, 5.74) is 8.21. The highest BCUT2D eigenvalue weighted by atomic mass is 16.2. The number of carbonyl (C=O) groups excluding carboxylic acids is 3. The number of H-pyrrole nitrogens is 1. The van der Waals surface area contributed by atoms with Crippen LogP contribution >= 0.6 is 0 Å². The molecule has 0 radical (unpaired) electrons. The Kier molecular flexibility index (Phi) is 5.28. The van der Waals surface area contributed by atoms with Gasteiger partial charge in [-0.1, -0.05) is 12.1 Å². The molecular weight excluding hydrogens is 318 g/mol. The van der Waals surface area contributed by atoms with Gasteiger partial charge < -0.3 is 4.98 Å². The average molecular weight is 339 g/mol. The van der Waals surface area contributed by atoms with Crippen molar-refractivity contribution < 1.29 is 14.4 Å². The molecule has 2 amide bonds. The summed E-state index contributed by atoms with van der Waals surface area (Å²) in [4.78, 5) is 38.5. The fraction of sp³-hybridized carbons (Fsp3) is 0.316. The summed E-state index contributed by atoms with van der Waals surface area (Å²) in [6.45, 7) is 0. The molecule has 1 heterocycles. The summed E-state index contributed by atoms with van der Waals surface area (Å²) in [5.74, 6) is -0.884. The molecule has 0 spiro atoms. The molecule has 0 bridgehead atoms. The number of fused-ring (bicyclic) bond motifs is 1. The van der Waals surface area contributed by atoms with Gasteiger partial charge in [-0.2, -0.15) is 0 Å². The number of nitrogens with one attached hydrogen (secondary N) is 3. The Hall–Kier alpha value is -2.89. The molecule has 1 aromatic heterocycles. The lowest BCUT2D eigenvalue weighted by Gasteiger charge is -2.16. The van der Waals surface area contributed by atoms with Crippen molar-refractivity contribution in [2.75, 3.05) is 0 Å². The minimum Gasteiger partial charge on any atom is -0.357 e. The Balaban J connectivity index is 1.47. The predicted octanol–water partition coefficient (Wildman–Crippen LogP) is 2.32. The number of hydrazine groups is 1. The van der Waals surface area contributed by atoms with Crippen LogP contribution in [0.15, 0.2) is 36.5 Å². The zero-order valence-corrected chi connectivity index (χ0v) is 13.9. The Bertz CT molecular complexity index is 781. The summed E-state index contributed by atoms with van der Waals surface area (Å²) >= 11 is 0. The molecule has 0 unspecified atom stereocenters. The zero-order chi connectivity index (χ0) is 17.6. The molecule has 0 fully saturated rings. The van der Waals surface area contributed by atoms with E-state index in [2.05, 4.69) is 15.8 Å². The van der Waals surface area contributed by atoms with Crippen molar-refractivity contribution in [3.8, 4) is 0 Å². The number of Topliss-reactive ketones (excluding diaryl/α,β-unsaturated/α-hetero) is 1. The second-order valence-electron chi connectivity index (χ2n) is 6.20. The molecule has 25 heavy (non-hydrogen) atoms. The maximum atomic E-state index is 12.3. The molecule has 3 N–H and O–H groups in total. The number of aryl methyl sites for hydroxylation is 2. The Morgan fingerprint density at radius 2 is 1.76 bits per heavy atom. The first-order valence-corrected chi connectivity index (χ1v) is 8.51. The van der Waals surface area contributed by atoms with Gasteiger partial charge in [-0.05, 0) is 55.0 Å². The summed E-state index contributed by atoms with van der Waals surface area (Å²) < 4.78 is 0. The van der Waals surface area contributed by atoms with E-state index < -0.39 is 11.8 Å². The highest BCUT2D eigenvalue weighted by Gasteiger charge is 2.14. The SMILES string of the molecule is O=C(CCC(=O)c1ccc2c(c1)CCCC2)NNC(=O)c1ccc[nH]1. The summed E-state index contributed by atoms with van der Waals surface area (Å²) in [5, 5.41) is 0. The number of aromatic amines is 1. The van der Waals surface area contributed by atoms with Crippen LogP contribution in [0.4, 0.5) is 0 Å². The first-order chi connectivity index (χ1) is 12.1. The monoisotopic (exact) mass is 339 g/mol. The maximum absolute atomic E-state index is 12.3. The Morgan fingerprint density at radius 3 is 2.52 bits per heavy atom. The Labute approximate surface area is 146 Å². The molecule has 1 aliphatic rings. The van der Waals surface area contributed by atoms with Crippen molar-refractivity contribution in [2.45, 2.75) is 38.5 Å². The van der Waals surface area contributed by atoms with E-state index in [9.17, 15) is 14.4 Å². The van der Waals surface area contributed by atoms with Crippen molar-refractivity contribution in [2.24, 2.45) is 0 Å². The van der Waals surface area contributed by atoms with Gasteiger partial charge in [-0.15, -0.1) is 0 Å². The van der Waals surface area contributed by atoms with Crippen LogP contribution in [0.25, 0.3) is 0 Å². The van der Waals surface area contributed by atoms with Gasteiger partial charge in [0.05, 0.1) is 0 Å². The molecule has 3 rings (SSSR count). The fourth-order valence-electron chi connectivity index (χ4n) is 3.01. The highest BCUT2D eigenvalue weighted by Crippen LogP contribution is 2.22. The number of hydrogen-bond acceptors (Lipinski definition) is 3. The summed E-state index contributed by atoms with van der Waals surface area (Å²) in [7, 11) is 0. The van der Waals surface area contributed by atoms with Crippen molar-refractivity contribution in [1.29, 1.82) is 0 Å². The number of benzene rings is 1. The number of carbonyl (C=O) groups is 3. The van der Waals surface area contributed by atoms with Crippen LogP contribution in [0.2, 0.25) is 0 Å². The van der Waals surface area contributed by atoms with Crippen LogP contribution in [0.3, 0.4) is 0 Å². The lowest BCUT2D eigenvalue weighted by Crippen LogP contribution is -2.41. The van der Waals surface area contributed by atoms with Crippen LogP contribution in [0.1, 0.15) is 57.7 Å². The van der Waals surface area contributed by atoms with Crippen molar-refractivity contribution in [3.05, 3.63) is 58.9 Å². The Morgan fingerprint density at radius 1 is 0.960 bits per heavy atom. The topological polar surface area (TPSA) is 91.1 Å². The van der Waals surface area contributed by atoms with E-state index in [1.165, 1.54) is 17.5 Å². The summed E-state index contributed by atoms with van der Waals surface area (Å²) in [6, 6.07) is 9.12. The molecule has 0 atom stereocenters. The third-order valence-electron chi connectivity index (χ3n) is 4.41. The van der Waals surface area contributed by atoms with E-state index in [4.69, 9.17) is 0 Å². The van der Waals surface area contributed by atoms with Crippen LogP contribution in [0, 0.1) is 0 Å². The molecule has 0 saturated carbocycles. The standard InChI is InChI=1S/C19H21N3O3/c23-17(15-8-7-13-4-1-2-5-14(13)12-15)9-10-18(24)21-22-19(25)16-6-3-11-20-16/h3,6-8,11-12,20H,1-2,4-5,9-10H2,(H,21,24)(H,22,25). The van der Waals surface area contributed by atoms with Gasteiger partial charge in [-0.3, -0.25) is 25.2 Å². The van der Waals surface area contributed by atoms with Gasteiger partial charge >= 0.3 is 0 Å². The second-order valence-corrected chi connectivity index (χ2v) is 6.20. The van der Waals surface area contributed by atoms with E-state index >= 15 is 0 Å². The molecule has 2 aromatic rings. The number of amides is 2. The molecule has 1 aliphatic carbocycles. The molecule has 1 aromatic carbocycles. The van der Waals surface area contributed by atoms with Crippen molar-refractivity contribution in [1.82, 2.24) is 15.8 Å². The van der Waals surface area contributed by atoms with Gasteiger partial charge in [0.25, 0.3) is 5.91 Å². The normalized spacial score (nSPS) is 13.0. The largest absolute Gasteiger partial charge is 0.357 e. The van der Waals surface area contributed by atoms with Gasteiger partial charge in [0, 0.05) is 24.6 Å². The van der Waals surface area contributed by atoms with Crippen LogP contribution in [0.5, 0.6) is 0 Å². The first-order valence-electron chi connectivity index (χ1n) is 8.51. The van der Waals surface area contributed by atoms with Gasteiger partial charge in [0.1, 0.15) is 5.69 Å². The van der Waals surface area contributed by atoms with Crippen molar-refractivity contribution >= 4 is 17.6 Å². The van der Waals surface area contributed by atoms with Crippen LogP contribution in [-0.2, 0) is 17.6 Å². The number of ketones is 1. The van der Waals surface area contributed by atoms with E-state index in [-0.39, 0.29) is 18.6 Å². The van der Waals surface area contributed by atoms with Crippen LogP contribution < -0.4 is 10.9 Å². The predicted molar refractivity (Wildman–Crippen MR) is 93.1 cm³/mol. The van der Waals surface area contributed by atoms with E-state index in [0.717, 1.165) is 19.3 Å². The van der Waals surface area contributed by atoms with E-state index in [0.29, 0.717) is 11.3 Å². The van der Waals surface area contributed by atoms with Gasteiger partial charge in [0.2, 0.25) is 5.91 Å². The molecular formula is C19H21N3O3. The quantitative estimate of drug-likeness (QED) is 0.577. The lowest BCUT2D eigenvalue weighted by molar-refractivity contribution is -0.121. The molecule has 6 nitrogen and oxygen atoms in total. The highest BCUT2D eigenvalue weighted by molar-refractivity contribution is 5.98. The fourth-order valence-corrected chi connectivity index (χ4v) is 3.01. The van der Waals surface area contributed by atoms with E-state index in [1.54, 1.807) is 18.3 Å². The number of aromatic nitrogens is 1. The smallest absolute Gasteiger partial charge is 0.286 e. The maximum Gasteiger partial charge on any atom is 0.286 e. The lowest BCUT2D eigenvalue weighted by atomic mass is 9.89. The first kappa shape index (κ1) is 17.0. The third kappa shape index (κ3) is 4.35. The van der Waals surface area contributed by atoms with Gasteiger partial charge in [-0.25, -0.2) is 0 Å². The molecule has 6 heteroatoms. The second kappa shape index (κ2) is 7.79. The molecule has 0 saturated heterocycles. The minimum absolute atomic E-state index is 0.0287. The average Bonchev–Trinajstić information content (AvgIpc) is 3.18. The number of rotatable bonds is 5. The van der Waals surface area contributed by atoms with Crippen molar-refractivity contribution in [3.63, 3.8) is 0 Å². The summed E-state index contributed by atoms with van der Waals surface area (Å²) in [6.07, 6.45) is 6.22. The molecule has 0 aliphatic heterocycles. The zero-order valence-electron chi connectivity index (χ0n) is 13.9. The van der Waals surface area contributed by atoms with Gasteiger partial charge in [0.15, 0.2) is 5.78 Å². The third-order valence-corrected chi connectivity index (χ3v) is 4.41. The minimum atomic E-state index is -0.431.